The summed E-state index contributed by atoms with van der Waals surface area (Å²) in [5.41, 5.74) is 0. The molecule has 32 heavy (non-hydrogen) atoms. The Morgan fingerprint density at radius 2 is 1.94 bits per heavy atom. The third-order valence-electron chi connectivity index (χ3n) is 8.31. The number of aliphatic hydroxyl groups is 1. The maximum Gasteiger partial charge on any atom is 0.244 e. The Hall–Kier alpha value is -1.28. The Labute approximate surface area is 195 Å². The first-order valence-corrected chi connectivity index (χ1v) is 13.5. The van der Waals surface area contributed by atoms with Gasteiger partial charge in [0.1, 0.15) is 6.04 Å². The second-order valence-electron chi connectivity index (χ2n) is 10.2. The zero-order valence-corrected chi connectivity index (χ0v) is 20.5. The van der Waals surface area contributed by atoms with E-state index in [-0.39, 0.29) is 41.5 Å². The molecule has 0 aromatic rings. The van der Waals surface area contributed by atoms with Gasteiger partial charge in [-0.2, -0.15) is 0 Å². The van der Waals surface area contributed by atoms with Crippen molar-refractivity contribution in [1.29, 1.82) is 0 Å². The van der Waals surface area contributed by atoms with Gasteiger partial charge in [0.25, 0.3) is 0 Å². The zero-order valence-electron chi connectivity index (χ0n) is 19.6. The quantitative estimate of drug-likeness (QED) is 0.510. The number of carbonyl (C=O) groups is 3. The summed E-state index contributed by atoms with van der Waals surface area (Å²) in [6.07, 6.45) is 7.67. The molecule has 4 aliphatic rings. The van der Waals surface area contributed by atoms with Gasteiger partial charge in [0.2, 0.25) is 17.7 Å². The predicted octanol–water partition coefficient (Wildman–Crippen LogP) is 2.07. The third kappa shape index (κ3) is 3.65. The lowest BCUT2D eigenvalue weighted by Gasteiger charge is -2.40. The van der Waals surface area contributed by atoms with Crippen molar-refractivity contribution in [3.8, 4) is 0 Å². The standard InChI is InChI=1S/C24H39N3O4S/c1-4-11-25-21(29)18-17-12-14(3)24(32-17)19(18)23(31)27(16(5-2)13-28)20(24)22(30)26-15-9-7-6-8-10-15/h14-20,28H,4-13H2,1-3H3,(H,25,29)(H,26,30)/t14?,16-,17+,18-,19-,20?,24?/m0/s1. The molecule has 0 aromatic carbocycles. The van der Waals surface area contributed by atoms with Gasteiger partial charge in [0.05, 0.1) is 29.2 Å². The first kappa shape index (κ1) is 23.9. The molecular weight excluding hydrogens is 426 g/mol. The van der Waals surface area contributed by atoms with Crippen LogP contribution in [0, 0.1) is 17.8 Å². The second-order valence-corrected chi connectivity index (χ2v) is 11.7. The van der Waals surface area contributed by atoms with Crippen LogP contribution in [0.1, 0.15) is 72.1 Å². The molecule has 4 rings (SSSR count). The molecule has 3 N–H and O–H groups in total. The maximum absolute atomic E-state index is 13.9. The molecule has 1 saturated carbocycles. The minimum Gasteiger partial charge on any atom is -0.394 e. The fourth-order valence-electron chi connectivity index (χ4n) is 6.76. The number of nitrogens with zero attached hydrogens (tertiary/aromatic N) is 1. The van der Waals surface area contributed by atoms with E-state index in [1.165, 1.54) is 6.42 Å². The van der Waals surface area contributed by atoms with Crippen molar-refractivity contribution >= 4 is 29.5 Å². The van der Waals surface area contributed by atoms with E-state index < -0.39 is 28.7 Å². The number of carbonyl (C=O) groups excluding carboxylic acids is 3. The molecular formula is C24H39N3O4S. The molecule has 4 fully saturated rings. The van der Waals surface area contributed by atoms with Crippen molar-refractivity contribution < 1.29 is 19.5 Å². The number of nitrogens with one attached hydrogen (secondary N) is 2. The van der Waals surface area contributed by atoms with Gasteiger partial charge in [-0.05, 0) is 38.0 Å². The number of hydrogen-bond acceptors (Lipinski definition) is 5. The number of fused-ring (bicyclic) bond motifs is 1. The van der Waals surface area contributed by atoms with E-state index in [4.69, 9.17) is 0 Å². The Bertz CT molecular complexity index is 739. The fraction of sp³-hybridized carbons (Fsp3) is 0.875. The average molecular weight is 466 g/mol. The molecule has 3 aliphatic heterocycles. The molecule has 1 aliphatic carbocycles. The summed E-state index contributed by atoms with van der Waals surface area (Å²) in [5, 5.41) is 16.5. The van der Waals surface area contributed by atoms with Gasteiger partial charge in [-0.15, -0.1) is 11.8 Å². The van der Waals surface area contributed by atoms with Gasteiger partial charge in [-0.3, -0.25) is 14.4 Å². The SMILES string of the molecule is CCCNC(=O)[C@@H]1[C@H]2C(=O)N([C@@H](CC)CO)C(C(=O)NC3CCCCC3)C23S[C@@H]1CC3C. The summed E-state index contributed by atoms with van der Waals surface area (Å²) in [6, 6.07) is -0.885. The smallest absolute Gasteiger partial charge is 0.244 e. The van der Waals surface area contributed by atoms with E-state index in [0.29, 0.717) is 13.0 Å². The zero-order chi connectivity index (χ0) is 23.0. The summed E-state index contributed by atoms with van der Waals surface area (Å²) in [7, 11) is 0. The number of hydrogen-bond donors (Lipinski definition) is 3. The van der Waals surface area contributed by atoms with Gasteiger partial charge < -0.3 is 20.6 Å². The van der Waals surface area contributed by atoms with Gasteiger partial charge >= 0.3 is 0 Å². The Balaban J connectivity index is 1.70. The third-order valence-corrected chi connectivity index (χ3v) is 10.4. The van der Waals surface area contributed by atoms with Crippen LogP contribution in [0.4, 0.5) is 0 Å². The molecule has 8 heteroatoms. The van der Waals surface area contributed by atoms with E-state index in [9.17, 15) is 19.5 Å². The molecule has 2 bridgehead atoms. The highest BCUT2D eigenvalue weighted by molar-refractivity contribution is 8.02. The molecule has 0 radical (unpaired) electrons. The average Bonchev–Trinajstić information content (AvgIpc) is 3.38. The summed E-state index contributed by atoms with van der Waals surface area (Å²) in [6.45, 7) is 6.51. The second kappa shape index (κ2) is 9.53. The lowest BCUT2D eigenvalue weighted by atomic mass is 9.65. The number of rotatable bonds is 8. The van der Waals surface area contributed by atoms with E-state index in [0.717, 1.165) is 38.5 Å². The van der Waals surface area contributed by atoms with Crippen LogP contribution in [0.5, 0.6) is 0 Å². The van der Waals surface area contributed by atoms with Crippen molar-refractivity contribution in [3.05, 3.63) is 0 Å². The van der Waals surface area contributed by atoms with Gasteiger partial charge in [0, 0.05) is 17.8 Å². The highest BCUT2D eigenvalue weighted by Gasteiger charge is 2.76. The van der Waals surface area contributed by atoms with E-state index in [1.54, 1.807) is 16.7 Å². The van der Waals surface area contributed by atoms with Crippen LogP contribution < -0.4 is 10.6 Å². The summed E-state index contributed by atoms with van der Waals surface area (Å²) in [5.74, 6) is -1.00. The molecule has 180 valence electrons. The number of thioether (sulfide) groups is 1. The van der Waals surface area contributed by atoms with Crippen LogP contribution in [0.2, 0.25) is 0 Å². The summed E-state index contributed by atoms with van der Waals surface area (Å²) >= 11 is 1.71. The van der Waals surface area contributed by atoms with Crippen molar-refractivity contribution in [2.24, 2.45) is 17.8 Å². The van der Waals surface area contributed by atoms with Crippen molar-refractivity contribution in [2.75, 3.05) is 13.2 Å². The normalized spacial score (nSPS) is 37.4. The van der Waals surface area contributed by atoms with Crippen LogP contribution in [0.3, 0.4) is 0 Å². The van der Waals surface area contributed by atoms with Crippen LogP contribution in [-0.2, 0) is 14.4 Å². The van der Waals surface area contributed by atoms with Gasteiger partial charge in [-0.1, -0.05) is 40.0 Å². The number of aliphatic hydroxyl groups excluding tert-OH is 1. The van der Waals surface area contributed by atoms with Crippen LogP contribution in [-0.4, -0.2) is 69.0 Å². The van der Waals surface area contributed by atoms with Gasteiger partial charge in [0.15, 0.2) is 0 Å². The Morgan fingerprint density at radius 3 is 2.56 bits per heavy atom. The topological polar surface area (TPSA) is 98.7 Å². The molecule has 3 amide bonds. The largest absolute Gasteiger partial charge is 0.394 e. The van der Waals surface area contributed by atoms with Crippen LogP contribution in [0.25, 0.3) is 0 Å². The molecule has 3 saturated heterocycles. The molecule has 1 spiro atoms. The minimum atomic E-state index is -0.631. The summed E-state index contributed by atoms with van der Waals surface area (Å²) < 4.78 is -0.600. The monoisotopic (exact) mass is 465 g/mol. The lowest BCUT2D eigenvalue weighted by Crippen LogP contribution is -2.59. The lowest BCUT2D eigenvalue weighted by molar-refractivity contribution is -0.143. The number of amides is 3. The van der Waals surface area contributed by atoms with E-state index in [2.05, 4.69) is 17.6 Å². The fourth-order valence-corrected chi connectivity index (χ4v) is 9.17. The molecule has 0 aromatic heterocycles. The Morgan fingerprint density at radius 1 is 1.22 bits per heavy atom. The van der Waals surface area contributed by atoms with Crippen LogP contribution in [0.15, 0.2) is 0 Å². The highest BCUT2D eigenvalue weighted by Crippen LogP contribution is 2.68. The summed E-state index contributed by atoms with van der Waals surface area (Å²) in [4.78, 5) is 42.6. The molecule has 3 unspecified atom stereocenters. The first-order valence-electron chi connectivity index (χ1n) is 12.6. The van der Waals surface area contributed by atoms with Crippen molar-refractivity contribution in [2.45, 2.75) is 100 Å². The minimum absolute atomic E-state index is 0.0539. The Kier molecular flexibility index (Phi) is 7.11. The predicted molar refractivity (Wildman–Crippen MR) is 125 cm³/mol. The van der Waals surface area contributed by atoms with Gasteiger partial charge in [-0.25, -0.2) is 0 Å². The molecule has 7 nitrogen and oxygen atoms in total. The number of likely N-dealkylation sites (tertiary alicyclic amines) is 1. The maximum atomic E-state index is 13.9. The molecule has 3 heterocycles. The van der Waals surface area contributed by atoms with Crippen LogP contribution >= 0.6 is 11.8 Å². The van der Waals surface area contributed by atoms with E-state index in [1.807, 2.05) is 13.8 Å². The molecule has 7 atom stereocenters. The first-order chi connectivity index (χ1) is 15.4. The van der Waals surface area contributed by atoms with Crippen molar-refractivity contribution in [1.82, 2.24) is 15.5 Å². The van der Waals surface area contributed by atoms with E-state index >= 15 is 0 Å². The highest BCUT2D eigenvalue weighted by atomic mass is 32.2. The van der Waals surface area contributed by atoms with Crippen molar-refractivity contribution in [3.63, 3.8) is 0 Å².